The molecule has 1 atom stereocenters. The van der Waals surface area contributed by atoms with Crippen molar-refractivity contribution in [2.45, 2.75) is 25.2 Å². The summed E-state index contributed by atoms with van der Waals surface area (Å²) in [5.41, 5.74) is 10.7. The van der Waals surface area contributed by atoms with E-state index in [2.05, 4.69) is 35.6 Å². The van der Waals surface area contributed by atoms with Crippen LogP contribution in [0.2, 0.25) is 0 Å². The monoisotopic (exact) mass is 468 g/mol. The number of rotatable bonds is 4. The Labute approximate surface area is 199 Å². The molecule has 0 saturated heterocycles. The van der Waals surface area contributed by atoms with Crippen LogP contribution in [0.1, 0.15) is 44.5 Å². The van der Waals surface area contributed by atoms with Crippen LogP contribution in [0.15, 0.2) is 71.3 Å². The topological polar surface area (TPSA) is 109 Å². The first-order valence-electron chi connectivity index (χ1n) is 11.0. The van der Waals surface area contributed by atoms with E-state index in [1.165, 1.54) is 21.6 Å². The fourth-order valence-electron chi connectivity index (χ4n) is 4.66. The van der Waals surface area contributed by atoms with Gasteiger partial charge in [0.05, 0.1) is 11.0 Å². The van der Waals surface area contributed by atoms with Crippen LogP contribution in [0.3, 0.4) is 0 Å². The highest BCUT2D eigenvalue weighted by Crippen LogP contribution is 2.39. The first-order chi connectivity index (χ1) is 16.6. The smallest absolute Gasteiger partial charge is 0.312 e. The number of ketones is 1. The van der Waals surface area contributed by atoms with Gasteiger partial charge in [-0.15, -0.1) is 11.3 Å². The number of nitrogens with two attached hydrogens (primary N) is 1. The summed E-state index contributed by atoms with van der Waals surface area (Å²) in [6.07, 6.45) is 2.78. The lowest BCUT2D eigenvalue weighted by atomic mass is 9.82. The predicted molar refractivity (Wildman–Crippen MR) is 126 cm³/mol. The standard InChI is InChI=1S/C26H20N4O3S/c27-21-19-14-17-13-16(15-7-3-1-4-8-15)11-12-20(17)28-25(19)34-24(21)23(31)22-26(32)33-29-30(22)18-9-5-2-6-10-18/h1-10,14,16H,11-13H2,(H2-,27,29,31,32). The highest BCUT2D eigenvalue weighted by molar-refractivity contribution is 7.21. The van der Waals surface area contributed by atoms with Crippen LogP contribution in [0.5, 0.6) is 5.95 Å². The lowest BCUT2D eigenvalue weighted by molar-refractivity contribution is -0.672. The van der Waals surface area contributed by atoms with Crippen molar-refractivity contribution in [3.63, 3.8) is 0 Å². The molecule has 0 saturated carbocycles. The molecule has 1 unspecified atom stereocenters. The molecule has 0 radical (unpaired) electrons. The third-order valence-electron chi connectivity index (χ3n) is 6.39. The van der Waals surface area contributed by atoms with Gasteiger partial charge >= 0.3 is 5.69 Å². The minimum atomic E-state index is -0.802. The van der Waals surface area contributed by atoms with Gasteiger partial charge in [-0.3, -0.25) is 4.79 Å². The molecule has 0 spiro atoms. The second-order valence-corrected chi connectivity index (χ2v) is 9.43. The highest BCUT2D eigenvalue weighted by atomic mass is 32.1. The zero-order valence-electron chi connectivity index (χ0n) is 18.1. The van der Waals surface area contributed by atoms with E-state index in [-0.39, 0.29) is 10.6 Å². The minimum Gasteiger partial charge on any atom is -0.539 e. The molecule has 6 rings (SSSR count). The Morgan fingerprint density at radius 1 is 1.12 bits per heavy atom. The molecule has 0 amide bonds. The first kappa shape index (κ1) is 20.6. The molecule has 0 fully saturated rings. The van der Waals surface area contributed by atoms with Gasteiger partial charge in [-0.05, 0) is 47.1 Å². The summed E-state index contributed by atoms with van der Waals surface area (Å²) < 4.78 is 6.05. The van der Waals surface area contributed by atoms with E-state index in [0.717, 1.165) is 35.9 Å². The van der Waals surface area contributed by atoms with Crippen molar-refractivity contribution in [2.24, 2.45) is 0 Å². The fourth-order valence-corrected chi connectivity index (χ4v) is 5.70. The molecule has 2 N–H and O–H groups in total. The van der Waals surface area contributed by atoms with Gasteiger partial charge in [0, 0.05) is 23.2 Å². The third-order valence-corrected chi connectivity index (χ3v) is 7.50. The number of carbonyl (C=O) groups is 1. The van der Waals surface area contributed by atoms with Gasteiger partial charge in [0.15, 0.2) is 5.95 Å². The Kier molecular flexibility index (Phi) is 4.88. The number of hydrogen-bond acceptors (Lipinski definition) is 7. The Hall–Kier alpha value is -4.04. The fraction of sp³-hybridized carbons (Fsp3) is 0.154. The SMILES string of the molecule is Nc1c(C(=O)c2c([O-])on[n+]2-c2ccccc2)sc2nc3c(cc12)CC(c1ccccc1)CC3. The Morgan fingerprint density at radius 3 is 2.62 bits per heavy atom. The van der Waals surface area contributed by atoms with Crippen molar-refractivity contribution in [1.82, 2.24) is 10.3 Å². The number of carbonyl (C=O) groups excluding carboxylic acids is 1. The molecule has 168 valence electrons. The van der Waals surface area contributed by atoms with E-state index in [1.807, 2.05) is 12.1 Å². The molecule has 1 aliphatic rings. The number of anilines is 1. The van der Waals surface area contributed by atoms with Gasteiger partial charge in [-0.1, -0.05) is 48.5 Å². The Bertz CT molecular complexity index is 1530. The first-order valence-corrected chi connectivity index (χ1v) is 11.9. The molecular weight excluding hydrogens is 448 g/mol. The summed E-state index contributed by atoms with van der Waals surface area (Å²) >= 11 is 1.21. The number of benzene rings is 2. The van der Waals surface area contributed by atoms with Gasteiger partial charge in [0.1, 0.15) is 9.71 Å². The lowest BCUT2D eigenvalue weighted by Crippen LogP contribution is -2.39. The molecule has 3 heterocycles. The van der Waals surface area contributed by atoms with Crippen LogP contribution in [0.25, 0.3) is 15.9 Å². The third kappa shape index (κ3) is 3.34. The molecule has 3 aromatic heterocycles. The van der Waals surface area contributed by atoms with E-state index >= 15 is 0 Å². The van der Waals surface area contributed by atoms with Crippen LogP contribution in [0.4, 0.5) is 5.69 Å². The van der Waals surface area contributed by atoms with Crippen molar-refractivity contribution in [1.29, 1.82) is 0 Å². The number of fused-ring (bicyclic) bond motifs is 2. The van der Waals surface area contributed by atoms with Gasteiger partial charge in [-0.25, -0.2) is 4.98 Å². The van der Waals surface area contributed by atoms with Crippen LogP contribution >= 0.6 is 11.3 Å². The molecule has 0 aliphatic heterocycles. The predicted octanol–water partition coefficient (Wildman–Crippen LogP) is 3.72. The van der Waals surface area contributed by atoms with Crippen LogP contribution in [-0.4, -0.2) is 16.0 Å². The van der Waals surface area contributed by atoms with Crippen LogP contribution < -0.4 is 15.5 Å². The maximum atomic E-state index is 13.5. The molecule has 0 bridgehead atoms. The normalized spacial score (nSPS) is 15.4. The minimum absolute atomic E-state index is 0.182. The molecule has 8 heteroatoms. The summed E-state index contributed by atoms with van der Waals surface area (Å²) in [5.74, 6) is -0.891. The maximum Gasteiger partial charge on any atom is 0.312 e. The van der Waals surface area contributed by atoms with Crippen LogP contribution in [-0.2, 0) is 12.8 Å². The Balaban J connectivity index is 1.40. The molecular formula is C26H20N4O3S. The van der Waals surface area contributed by atoms with Crippen molar-refractivity contribution >= 4 is 33.0 Å². The second kappa shape index (κ2) is 8.07. The van der Waals surface area contributed by atoms with Gasteiger partial charge in [0.2, 0.25) is 5.69 Å². The number of nitrogen functional groups attached to an aromatic ring is 1. The highest BCUT2D eigenvalue weighted by Gasteiger charge is 2.32. The second-order valence-electron chi connectivity index (χ2n) is 8.43. The van der Waals surface area contributed by atoms with Gasteiger partial charge in [-0.2, -0.15) is 0 Å². The van der Waals surface area contributed by atoms with Gasteiger partial charge in [0.25, 0.3) is 5.78 Å². The molecule has 2 aromatic carbocycles. The van der Waals surface area contributed by atoms with Gasteiger partial charge < -0.3 is 15.4 Å². The number of aryl methyl sites for hydroxylation is 1. The summed E-state index contributed by atoms with van der Waals surface area (Å²) in [5, 5.41) is 16.9. The summed E-state index contributed by atoms with van der Waals surface area (Å²) in [6.45, 7) is 0. The van der Waals surface area contributed by atoms with Crippen molar-refractivity contribution < 1.29 is 19.1 Å². The van der Waals surface area contributed by atoms with E-state index in [0.29, 0.717) is 22.1 Å². The zero-order chi connectivity index (χ0) is 23.2. The average Bonchev–Trinajstić information content (AvgIpc) is 3.42. The van der Waals surface area contributed by atoms with Crippen LogP contribution in [0, 0.1) is 0 Å². The number of thiophene rings is 1. The van der Waals surface area contributed by atoms with E-state index in [4.69, 9.17) is 15.2 Å². The summed E-state index contributed by atoms with van der Waals surface area (Å²) in [4.78, 5) is 19.3. The van der Waals surface area contributed by atoms with Crippen molar-refractivity contribution in [2.75, 3.05) is 5.73 Å². The molecule has 5 aromatic rings. The van der Waals surface area contributed by atoms with Crippen molar-refractivity contribution in [3.8, 4) is 11.6 Å². The number of hydrogen-bond donors (Lipinski definition) is 1. The summed E-state index contributed by atoms with van der Waals surface area (Å²) in [6, 6.07) is 21.5. The lowest BCUT2D eigenvalue weighted by Gasteiger charge is -2.24. The molecule has 34 heavy (non-hydrogen) atoms. The zero-order valence-corrected chi connectivity index (χ0v) is 18.9. The van der Waals surface area contributed by atoms with Crippen molar-refractivity contribution in [3.05, 3.63) is 94.1 Å². The average molecular weight is 469 g/mol. The number of pyridine rings is 1. The number of para-hydroxylation sites is 1. The summed E-state index contributed by atoms with van der Waals surface area (Å²) in [7, 11) is 0. The Morgan fingerprint density at radius 2 is 1.85 bits per heavy atom. The quantitative estimate of drug-likeness (QED) is 0.318. The largest absolute Gasteiger partial charge is 0.539 e. The van der Waals surface area contributed by atoms with E-state index in [9.17, 15) is 9.90 Å². The van der Waals surface area contributed by atoms with E-state index < -0.39 is 11.7 Å². The molecule has 7 nitrogen and oxygen atoms in total. The maximum absolute atomic E-state index is 13.5. The van der Waals surface area contributed by atoms with E-state index in [1.54, 1.807) is 24.3 Å². The number of nitrogens with zero attached hydrogens (tertiary/aromatic N) is 3. The number of aromatic nitrogens is 3. The molecule has 1 aliphatic carbocycles.